The van der Waals surface area contributed by atoms with E-state index in [2.05, 4.69) is 102 Å². The van der Waals surface area contributed by atoms with E-state index >= 15 is 0 Å². The molecule has 224 valence electrons. The van der Waals surface area contributed by atoms with Crippen LogP contribution in [0.4, 0.5) is 0 Å². The Bertz CT molecular complexity index is 967. The number of aliphatic hydroxyl groups excluding tert-OH is 1. The van der Waals surface area contributed by atoms with Gasteiger partial charge in [-0.3, -0.25) is 4.79 Å². The maximum Gasteiger partial charge on any atom is 0.219 e. The Kier molecular flexibility index (Phi) is 25.6. The van der Waals surface area contributed by atoms with Crippen LogP contribution < -0.4 is 5.32 Å². The largest absolute Gasteiger partial charge is 0.400 e. The zero-order valence-electron chi connectivity index (χ0n) is 25.4. The fraction of sp³-hybridized carbons (Fsp3) is 0.343. The van der Waals surface area contributed by atoms with Gasteiger partial charge in [0.05, 0.1) is 33.0 Å². The summed E-state index contributed by atoms with van der Waals surface area (Å²) in [4.78, 5) is 10.8. The summed E-state index contributed by atoms with van der Waals surface area (Å²) in [6.07, 6.45) is 9.06. The Morgan fingerprint density at radius 2 is 1.00 bits per heavy atom. The molecule has 0 fully saturated rings. The fourth-order valence-electron chi connectivity index (χ4n) is 3.08. The molecular weight excluding hydrogens is 514 g/mol. The quantitative estimate of drug-likeness (QED) is 0.166. The van der Waals surface area contributed by atoms with Crippen molar-refractivity contribution in [2.24, 2.45) is 0 Å². The lowest BCUT2D eigenvalue weighted by Gasteiger charge is -2.06. The molecular formula is C35H49NO5. The number of hydrogen-bond acceptors (Lipinski definition) is 5. The highest BCUT2D eigenvalue weighted by Crippen LogP contribution is 2.12. The van der Waals surface area contributed by atoms with Gasteiger partial charge in [-0.25, -0.2) is 0 Å². The van der Waals surface area contributed by atoms with Gasteiger partial charge < -0.3 is 24.6 Å². The maximum atomic E-state index is 10.8. The number of aliphatic hydroxyl groups is 1. The van der Waals surface area contributed by atoms with Gasteiger partial charge in [-0.1, -0.05) is 130 Å². The molecule has 6 nitrogen and oxygen atoms in total. The third-order valence-corrected chi connectivity index (χ3v) is 5.17. The summed E-state index contributed by atoms with van der Waals surface area (Å²) in [5.74, 6) is 0.0509. The number of carbonyl (C=O) groups is 1. The van der Waals surface area contributed by atoms with Crippen molar-refractivity contribution in [2.75, 3.05) is 53.8 Å². The van der Waals surface area contributed by atoms with Crippen LogP contribution in [0.3, 0.4) is 0 Å². The molecule has 0 saturated heterocycles. The van der Waals surface area contributed by atoms with Gasteiger partial charge in [0.2, 0.25) is 5.91 Å². The molecule has 0 aliphatic heterocycles. The van der Waals surface area contributed by atoms with E-state index in [0.717, 1.165) is 7.11 Å². The van der Waals surface area contributed by atoms with Crippen molar-refractivity contribution in [1.29, 1.82) is 0 Å². The summed E-state index contributed by atoms with van der Waals surface area (Å²) in [5, 5.41) is 9.72. The second kappa shape index (κ2) is 28.0. The molecule has 1 amide bonds. The zero-order chi connectivity index (χ0) is 30.4. The summed E-state index contributed by atoms with van der Waals surface area (Å²) in [5.41, 5.74) is 4.85. The van der Waals surface area contributed by atoms with Gasteiger partial charge in [-0.05, 0) is 22.3 Å². The average molecular weight is 564 g/mol. The van der Waals surface area contributed by atoms with Gasteiger partial charge in [-0.2, -0.15) is 0 Å². The number of rotatable bonds is 14. The van der Waals surface area contributed by atoms with E-state index in [4.69, 9.17) is 19.3 Å². The molecule has 0 bridgehead atoms. The molecule has 0 atom stereocenters. The van der Waals surface area contributed by atoms with Crippen molar-refractivity contribution in [3.05, 3.63) is 107 Å². The van der Waals surface area contributed by atoms with Crippen LogP contribution in [0.15, 0.2) is 84.9 Å². The Hall–Kier alpha value is -3.55. The van der Waals surface area contributed by atoms with Crippen LogP contribution in [0, 0.1) is 0 Å². The normalized spacial score (nSPS) is 10.1. The minimum Gasteiger partial charge on any atom is -0.400 e. The van der Waals surface area contributed by atoms with E-state index in [9.17, 15) is 4.79 Å². The molecule has 0 aliphatic rings. The zero-order valence-corrected chi connectivity index (χ0v) is 25.4. The standard InChI is InChI=1S/C22H18.C10H21NO4.C2H6.CH4O/c1-3-7-19(8-4-1)11-13-21-15-17-22(18-16-21)14-12-20-9-5-2-6-10-20;1-3-10(12)11-4-5-14-8-9-15-7-6-13-2;2*1-2/h1-18H;3-9H2,1-2H3,(H,11,12);1-2H3;2H,1H3/b13-11+,14-12+;;;. The Labute approximate surface area is 247 Å². The van der Waals surface area contributed by atoms with Crippen LogP contribution in [0.25, 0.3) is 24.3 Å². The minimum absolute atomic E-state index is 0.0509. The van der Waals surface area contributed by atoms with Crippen LogP contribution in [0.5, 0.6) is 0 Å². The van der Waals surface area contributed by atoms with Gasteiger partial charge >= 0.3 is 0 Å². The fourth-order valence-corrected chi connectivity index (χ4v) is 3.08. The molecule has 0 aliphatic carbocycles. The van der Waals surface area contributed by atoms with Crippen molar-refractivity contribution in [2.45, 2.75) is 27.2 Å². The number of amides is 1. The minimum atomic E-state index is 0.0509. The monoisotopic (exact) mass is 563 g/mol. The highest BCUT2D eigenvalue weighted by Gasteiger charge is 1.95. The van der Waals surface area contributed by atoms with Gasteiger partial charge in [0.1, 0.15) is 0 Å². The number of benzene rings is 3. The first-order valence-electron chi connectivity index (χ1n) is 14.1. The number of hydrogen-bond donors (Lipinski definition) is 2. The summed E-state index contributed by atoms with van der Waals surface area (Å²) < 4.78 is 15.2. The highest BCUT2D eigenvalue weighted by atomic mass is 16.5. The van der Waals surface area contributed by atoms with Gasteiger partial charge in [0.25, 0.3) is 0 Å². The van der Waals surface area contributed by atoms with Crippen molar-refractivity contribution in [3.8, 4) is 0 Å². The molecule has 2 N–H and O–H groups in total. The molecule has 6 heteroatoms. The maximum absolute atomic E-state index is 10.8. The van der Waals surface area contributed by atoms with Gasteiger partial charge in [0, 0.05) is 27.2 Å². The van der Waals surface area contributed by atoms with Gasteiger partial charge in [-0.15, -0.1) is 0 Å². The van der Waals surface area contributed by atoms with E-state index < -0.39 is 0 Å². The van der Waals surface area contributed by atoms with E-state index in [-0.39, 0.29) is 5.91 Å². The number of carbonyl (C=O) groups excluding carboxylic acids is 1. The Morgan fingerprint density at radius 1 is 0.634 bits per heavy atom. The first-order valence-corrected chi connectivity index (χ1v) is 14.1. The topological polar surface area (TPSA) is 77.0 Å². The Morgan fingerprint density at radius 3 is 1.39 bits per heavy atom. The predicted octanol–water partition coefficient (Wildman–Crippen LogP) is 6.85. The second-order valence-electron chi connectivity index (χ2n) is 8.08. The van der Waals surface area contributed by atoms with Crippen LogP contribution >= 0.6 is 0 Å². The third-order valence-electron chi connectivity index (χ3n) is 5.17. The van der Waals surface area contributed by atoms with Crippen LogP contribution in [0.2, 0.25) is 0 Å². The molecule has 3 aromatic carbocycles. The first-order chi connectivity index (χ1) is 20.2. The van der Waals surface area contributed by atoms with E-state index in [0.29, 0.717) is 46.0 Å². The molecule has 3 rings (SSSR count). The van der Waals surface area contributed by atoms with Crippen LogP contribution in [-0.4, -0.2) is 64.8 Å². The van der Waals surface area contributed by atoms with Crippen molar-refractivity contribution in [3.63, 3.8) is 0 Å². The average Bonchev–Trinajstić information content (AvgIpc) is 3.05. The van der Waals surface area contributed by atoms with Gasteiger partial charge in [0.15, 0.2) is 0 Å². The molecule has 0 aromatic heterocycles. The van der Waals surface area contributed by atoms with Crippen molar-refractivity contribution < 1.29 is 24.1 Å². The summed E-state index contributed by atoms with van der Waals surface area (Å²) in [6.45, 7) is 9.21. The molecule has 0 unspecified atom stereocenters. The summed E-state index contributed by atoms with van der Waals surface area (Å²) >= 11 is 0. The molecule has 41 heavy (non-hydrogen) atoms. The van der Waals surface area contributed by atoms with Crippen LogP contribution in [-0.2, 0) is 19.0 Å². The number of ether oxygens (including phenoxy) is 3. The molecule has 0 radical (unpaired) electrons. The lowest BCUT2D eigenvalue weighted by atomic mass is 10.1. The predicted molar refractivity (Wildman–Crippen MR) is 173 cm³/mol. The van der Waals surface area contributed by atoms with Crippen LogP contribution in [0.1, 0.15) is 49.4 Å². The number of methoxy groups -OCH3 is 1. The lowest BCUT2D eigenvalue weighted by Crippen LogP contribution is -2.26. The Balaban J connectivity index is 0.000000741. The third kappa shape index (κ3) is 20.9. The highest BCUT2D eigenvalue weighted by molar-refractivity contribution is 5.75. The first kappa shape index (κ1) is 37.5. The SMILES string of the molecule is C(=C\c1ccc(/C=C/c2ccccc2)cc1)/c1ccccc1.CC.CCC(=O)NCCOCCOCCOC.CO. The summed E-state index contributed by atoms with van der Waals surface area (Å²) in [7, 11) is 2.64. The van der Waals surface area contributed by atoms with E-state index in [1.807, 2.05) is 32.9 Å². The van der Waals surface area contributed by atoms with Crippen molar-refractivity contribution in [1.82, 2.24) is 5.32 Å². The second-order valence-corrected chi connectivity index (χ2v) is 8.08. The smallest absolute Gasteiger partial charge is 0.219 e. The molecule has 0 spiro atoms. The molecule has 3 aromatic rings. The van der Waals surface area contributed by atoms with Crippen molar-refractivity contribution >= 4 is 30.2 Å². The molecule has 0 saturated carbocycles. The molecule has 0 heterocycles. The van der Waals surface area contributed by atoms with E-state index in [1.165, 1.54) is 22.3 Å². The van der Waals surface area contributed by atoms with E-state index in [1.54, 1.807) is 7.11 Å². The number of nitrogens with one attached hydrogen (secondary N) is 1. The lowest BCUT2D eigenvalue weighted by molar-refractivity contribution is -0.121. The summed E-state index contributed by atoms with van der Waals surface area (Å²) in [6, 6.07) is 29.3.